The second-order valence-corrected chi connectivity index (χ2v) is 5.97. The summed E-state index contributed by atoms with van der Waals surface area (Å²) in [5.41, 5.74) is 0. The van der Waals surface area contributed by atoms with Crippen LogP contribution in [0.15, 0.2) is 12.4 Å². The lowest BCUT2D eigenvalue weighted by Gasteiger charge is -2.08. The molecule has 0 amide bonds. The van der Waals surface area contributed by atoms with E-state index in [0.717, 1.165) is 39.3 Å². The molecule has 1 aromatic heterocycles. The molecule has 0 saturated carbocycles. The first kappa shape index (κ1) is 25.0. The summed E-state index contributed by atoms with van der Waals surface area (Å²) < 4.78 is 18.3. The predicted octanol–water partition coefficient (Wildman–Crippen LogP) is 2.91. The molecule has 7 heteroatoms. The molecule has 0 radical (unpaired) electrons. The van der Waals surface area contributed by atoms with Gasteiger partial charge in [-0.05, 0) is 33.2 Å². The van der Waals surface area contributed by atoms with Crippen LogP contribution in [0.25, 0.3) is 0 Å². The molecule has 154 valence electrons. The smallest absolute Gasteiger partial charge is 0.0701 e. The summed E-state index contributed by atoms with van der Waals surface area (Å²) in [6, 6.07) is 0. The molecule has 0 saturated heterocycles. The van der Waals surface area contributed by atoms with E-state index in [0.29, 0.717) is 25.9 Å². The molecule has 0 aliphatic heterocycles. The van der Waals surface area contributed by atoms with E-state index in [1.807, 2.05) is 20.0 Å². The van der Waals surface area contributed by atoms with E-state index >= 15 is 0 Å². The second kappa shape index (κ2) is 20.3. The van der Waals surface area contributed by atoms with E-state index in [9.17, 15) is 0 Å². The number of nitrogens with zero attached hydrogens (tertiary/aromatic N) is 3. The van der Waals surface area contributed by atoms with E-state index in [2.05, 4.69) is 29.5 Å². The summed E-state index contributed by atoms with van der Waals surface area (Å²) in [7, 11) is 0. The molecule has 0 atom stereocenters. The number of hydrogen-bond donors (Lipinski definition) is 1. The molecule has 0 aromatic carbocycles. The Balaban J connectivity index is 0.00000301. The van der Waals surface area contributed by atoms with Crippen LogP contribution in [-0.2, 0) is 20.8 Å². The highest BCUT2D eigenvalue weighted by Crippen LogP contribution is 2.00. The minimum absolute atomic E-state index is 0.353. The lowest BCUT2D eigenvalue weighted by molar-refractivity contribution is 0.0449. The van der Waals surface area contributed by atoms with Gasteiger partial charge in [-0.15, -0.1) is 5.10 Å². The summed E-state index contributed by atoms with van der Waals surface area (Å²) in [5, 5.41) is 11.0. The normalized spacial score (nSPS) is 10.8. The van der Waals surface area contributed by atoms with Gasteiger partial charge < -0.3 is 19.5 Å². The lowest BCUT2D eigenvalue weighted by atomic mass is 10.2. The van der Waals surface area contributed by atoms with Crippen molar-refractivity contribution in [1.29, 1.82) is 0 Å². The molecule has 1 rings (SSSR count). The van der Waals surface area contributed by atoms with Gasteiger partial charge in [0.25, 0.3) is 0 Å². The molecule has 0 bridgehead atoms. The summed E-state index contributed by atoms with van der Waals surface area (Å²) in [6.45, 7) is 14.3. The van der Waals surface area contributed by atoms with Crippen LogP contribution in [0.2, 0.25) is 0 Å². The number of rotatable bonds is 17. The van der Waals surface area contributed by atoms with Crippen molar-refractivity contribution >= 4 is 0 Å². The zero-order valence-electron chi connectivity index (χ0n) is 17.3. The zero-order chi connectivity index (χ0) is 19.3. The Morgan fingerprint density at radius 1 is 0.885 bits per heavy atom. The molecule has 0 spiro atoms. The van der Waals surface area contributed by atoms with Crippen molar-refractivity contribution < 1.29 is 14.2 Å². The van der Waals surface area contributed by atoms with Gasteiger partial charge in [0.15, 0.2) is 0 Å². The van der Waals surface area contributed by atoms with Crippen molar-refractivity contribution in [2.45, 2.75) is 66.0 Å². The molecule has 0 fully saturated rings. The highest BCUT2D eigenvalue weighted by Gasteiger charge is 1.95. The molecule has 7 nitrogen and oxygen atoms in total. The summed E-state index contributed by atoms with van der Waals surface area (Å²) in [6.07, 6.45) is 8.73. The Labute approximate surface area is 159 Å². The van der Waals surface area contributed by atoms with E-state index in [-0.39, 0.29) is 0 Å². The molecule has 0 aliphatic rings. The van der Waals surface area contributed by atoms with E-state index in [1.165, 1.54) is 19.3 Å². The highest BCUT2D eigenvalue weighted by atomic mass is 16.5. The van der Waals surface area contributed by atoms with Crippen LogP contribution >= 0.6 is 0 Å². The third-order valence-electron chi connectivity index (χ3n) is 3.43. The summed E-state index contributed by atoms with van der Waals surface area (Å²) in [4.78, 5) is 0. The van der Waals surface area contributed by atoms with Crippen LogP contribution in [-0.4, -0.2) is 67.2 Å². The molecular formula is C19H40N4O3. The van der Waals surface area contributed by atoms with Crippen LogP contribution in [0.3, 0.4) is 0 Å². The van der Waals surface area contributed by atoms with E-state index in [1.54, 1.807) is 10.9 Å². The lowest BCUT2D eigenvalue weighted by Crippen LogP contribution is -2.22. The Hall–Kier alpha value is -1.02. The Morgan fingerprint density at radius 3 is 2.31 bits per heavy atom. The van der Waals surface area contributed by atoms with Crippen LogP contribution in [0.4, 0.5) is 0 Å². The quantitative estimate of drug-likeness (QED) is 0.424. The van der Waals surface area contributed by atoms with Gasteiger partial charge in [0, 0.05) is 19.3 Å². The van der Waals surface area contributed by atoms with Crippen LogP contribution in [0.1, 0.15) is 53.4 Å². The van der Waals surface area contributed by atoms with Crippen LogP contribution < -0.4 is 5.32 Å². The van der Waals surface area contributed by atoms with Crippen molar-refractivity contribution in [3.63, 3.8) is 0 Å². The van der Waals surface area contributed by atoms with Gasteiger partial charge in [-0.2, -0.15) is 0 Å². The van der Waals surface area contributed by atoms with Gasteiger partial charge in [-0.1, -0.05) is 31.9 Å². The Kier molecular flexibility index (Phi) is 19.5. The van der Waals surface area contributed by atoms with Crippen molar-refractivity contribution in [3.8, 4) is 0 Å². The molecular weight excluding hydrogens is 332 g/mol. The fourth-order valence-electron chi connectivity index (χ4n) is 2.13. The van der Waals surface area contributed by atoms with Gasteiger partial charge in [-0.3, -0.25) is 4.68 Å². The highest BCUT2D eigenvalue weighted by molar-refractivity contribution is 4.63. The van der Waals surface area contributed by atoms with Gasteiger partial charge >= 0.3 is 0 Å². The Bertz CT molecular complexity index is 362. The third-order valence-corrected chi connectivity index (χ3v) is 3.43. The van der Waals surface area contributed by atoms with Gasteiger partial charge in [0.1, 0.15) is 0 Å². The third kappa shape index (κ3) is 17.8. The van der Waals surface area contributed by atoms with E-state index in [4.69, 9.17) is 14.2 Å². The number of ether oxygens (including phenoxy) is 3. The molecule has 1 aromatic rings. The first-order valence-electron chi connectivity index (χ1n) is 10.1. The number of hydrogen-bond acceptors (Lipinski definition) is 6. The molecule has 0 aliphatic carbocycles. The minimum Gasteiger partial charge on any atom is -0.379 e. The van der Waals surface area contributed by atoms with Crippen molar-refractivity contribution in [3.05, 3.63) is 12.4 Å². The van der Waals surface area contributed by atoms with E-state index < -0.39 is 0 Å². The average molecular weight is 373 g/mol. The first-order valence-corrected chi connectivity index (χ1v) is 10.1. The van der Waals surface area contributed by atoms with Gasteiger partial charge in [-0.25, -0.2) is 0 Å². The van der Waals surface area contributed by atoms with Gasteiger partial charge in [0.2, 0.25) is 0 Å². The fraction of sp³-hybridized carbons (Fsp3) is 0.895. The second-order valence-electron chi connectivity index (χ2n) is 5.97. The summed E-state index contributed by atoms with van der Waals surface area (Å²) in [5.74, 6) is 0. The van der Waals surface area contributed by atoms with Gasteiger partial charge in [0.05, 0.1) is 45.3 Å². The van der Waals surface area contributed by atoms with Crippen molar-refractivity contribution in [2.75, 3.05) is 46.1 Å². The maximum absolute atomic E-state index is 5.52. The average Bonchev–Trinajstić information content (AvgIpc) is 3.16. The van der Waals surface area contributed by atoms with Crippen molar-refractivity contribution in [1.82, 2.24) is 20.3 Å². The van der Waals surface area contributed by atoms with Crippen LogP contribution in [0, 0.1) is 0 Å². The molecule has 26 heavy (non-hydrogen) atoms. The maximum Gasteiger partial charge on any atom is 0.0701 e. The molecule has 1 heterocycles. The SMILES string of the molecule is CC.CC(C)OCCCCCCNCCOCCOCCn1ccnn1. The largest absolute Gasteiger partial charge is 0.379 e. The van der Waals surface area contributed by atoms with Crippen LogP contribution in [0.5, 0.6) is 0 Å². The minimum atomic E-state index is 0.353. The predicted molar refractivity (Wildman–Crippen MR) is 105 cm³/mol. The Morgan fingerprint density at radius 2 is 1.62 bits per heavy atom. The zero-order valence-corrected chi connectivity index (χ0v) is 17.3. The fourth-order valence-corrected chi connectivity index (χ4v) is 2.13. The molecule has 1 N–H and O–H groups in total. The first-order chi connectivity index (χ1) is 12.8. The topological polar surface area (TPSA) is 70.4 Å². The number of nitrogens with one attached hydrogen (secondary N) is 1. The number of aromatic nitrogens is 3. The number of unbranched alkanes of at least 4 members (excludes halogenated alkanes) is 3. The monoisotopic (exact) mass is 372 g/mol. The summed E-state index contributed by atoms with van der Waals surface area (Å²) >= 11 is 0. The maximum atomic E-state index is 5.52. The molecule has 0 unspecified atom stereocenters. The standard InChI is InChI=1S/C17H34N4O3.C2H6/c1-17(2)24-12-6-4-3-5-7-18-9-13-22-15-16-23-14-11-21-10-8-19-20-21;1-2/h8,10,17-18H,3-7,9,11-16H2,1-2H3;1-2H3. The van der Waals surface area contributed by atoms with Crippen molar-refractivity contribution in [2.24, 2.45) is 0 Å².